The van der Waals surface area contributed by atoms with Crippen LogP contribution < -0.4 is 4.74 Å². The van der Waals surface area contributed by atoms with Crippen LogP contribution in [0.5, 0.6) is 5.75 Å². The summed E-state index contributed by atoms with van der Waals surface area (Å²) < 4.78 is 6.13. The van der Waals surface area contributed by atoms with Crippen molar-refractivity contribution in [2.75, 3.05) is 7.11 Å². The van der Waals surface area contributed by atoms with Crippen molar-refractivity contribution in [1.82, 2.24) is 0 Å². The number of rotatable bonds is 4. The van der Waals surface area contributed by atoms with E-state index in [4.69, 9.17) is 16.3 Å². The van der Waals surface area contributed by atoms with Gasteiger partial charge in [0.25, 0.3) is 0 Å². The van der Waals surface area contributed by atoms with Crippen molar-refractivity contribution in [3.8, 4) is 5.75 Å². The van der Waals surface area contributed by atoms with E-state index in [1.54, 1.807) is 7.11 Å². The van der Waals surface area contributed by atoms with Crippen LogP contribution in [0.15, 0.2) is 22.7 Å². The quantitative estimate of drug-likeness (QED) is 0.725. The molecular formula is C12H16BrClO. The van der Waals surface area contributed by atoms with E-state index < -0.39 is 0 Å². The molecule has 0 bridgehead atoms. The molecule has 0 amide bonds. The second kappa shape index (κ2) is 5.76. The molecule has 0 aliphatic heterocycles. The number of hydrogen-bond acceptors (Lipinski definition) is 1. The number of benzene rings is 1. The van der Waals surface area contributed by atoms with Crippen molar-refractivity contribution in [1.29, 1.82) is 0 Å². The third-order valence-corrected chi connectivity index (χ3v) is 3.94. The van der Waals surface area contributed by atoms with Crippen LogP contribution in [0.25, 0.3) is 0 Å². The molecule has 0 saturated heterocycles. The van der Waals surface area contributed by atoms with Gasteiger partial charge in [0.15, 0.2) is 0 Å². The Morgan fingerprint density at radius 3 is 2.60 bits per heavy atom. The predicted octanol–water partition coefficient (Wildman–Crippen LogP) is 4.78. The van der Waals surface area contributed by atoms with E-state index in [-0.39, 0.29) is 5.38 Å². The topological polar surface area (TPSA) is 9.23 Å². The normalized spacial score (nSPS) is 14.7. The van der Waals surface area contributed by atoms with Crippen LogP contribution in [0.4, 0.5) is 0 Å². The lowest BCUT2D eigenvalue weighted by Gasteiger charge is -2.17. The highest BCUT2D eigenvalue weighted by Crippen LogP contribution is 2.35. The predicted molar refractivity (Wildman–Crippen MR) is 68.7 cm³/mol. The van der Waals surface area contributed by atoms with Crippen LogP contribution in [0.1, 0.15) is 31.2 Å². The maximum absolute atomic E-state index is 6.36. The molecule has 15 heavy (non-hydrogen) atoms. The van der Waals surface area contributed by atoms with E-state index >= 15 is 0 Å². The first kappa shape index (κ1) is 12.9. The highest BCUT2D eigenvalue weighted by atomic mass is 79.9. The Morgan fingerprint density at radius 1 is 1.47 bits per heavy atom. The summed E-state index contributed by atoms with van der Waals surface area (Å²) in [7, 11) is 1.66. The van der Waals surface area contributed by atoms with Crippen molar-refractivity contribution in [3.05, 3.63) is 28.2 Å². The molecule has 1 rings (SSSR count). The summed E-state index contributed by atoms with van der Waals surface area (Å²) >= 11 is 9.83. The van der Waals surface area contributed by atoms with Crippen LogP contribution in [-0.4, -0.2) is 7.11 Å². The molecule has 84 valence electrons. The number of ether oxygens (including phenoxy) is 1. The summed E-state index contributed by atoms with van der Waals surface area (Å²) in [5.74, 6) is 1.32. The minimum Gasteiger partial charge on any atom is -0.496 e. The molecule has 1 aromatic rings. The molecule has 0 heterocycles. The van der Waals surface area contributed by atoms with Crippen molar-refractivity contribution in [3.63, 3.8) is 0 Å². The van der Waals surface area contributed by atoms with E-state index in [0.717, 1.165) is 22.2 Å². The highest BCUT2D eigenvalue weighted by Gasteiger charge is 2.15. The number of methoxy groups -OCH3 is 1. The Balaban J connectivity index is 2.92. The molecule has 0 saturated carbocycles. The molecule has 3 heteroatoms. The van der Waals surface area contributed by atoms with Crippen LogP contribution in [-0.2, 0) is 0 Å². The second-order valence-corrected chi connectivity index (χ2v) is 5.01. The molecule has 2 unspecified atom stereocenters. The lowest BCUT2D eigenvalue weighted by Crippen LogP contribution is -2.02. The molecule has 0 aliphatic carbocycles. The third-order valence-electron chi connectivity index (χ3n) is 2.64. The first-order valence-electron chi connectivity index (χ1n) is 5.07. The van der Waals surface area contributed by atoms with E-state index in [2.05, 4.69) is 29.8 Å². The first-order valence-corrected chi connectivity index (χ1v) is 6.30. The summed E-state index contributed by atoms with van der Waals surface area (Å²) in [4.78, 5) is 0. The molecule has 1 nitrogen and oxygen atoms in total. The van der Waals surface area contributed by atoms with Gasteiger partial charge in [-0.05, 0) is 39.5 Å². The Kier molecular flexibility index (Phi) is 4.94. The van der Waals surface area contributed by atoms with Gasteiger partial charge in [0.05, 0.1) is 17.0 Å². The largest absolute Gasteiger partial charge is 0.496 e. The Morgan fingerprint density at radius 2 is 2.13 bits per heavy atom. The summed E-state index contributed by atoms with van der Waals surface area (Å²) in [6.07, 6.45) is 1.08. The number of hydrogen-bond donors (Lipinski definition) is 0. The summed E-state index contributed by atoms with van der Waals surface area (Å²) in [6, 6.07) is 5.99. The fourth-order valence-corrected chi connectivity index (χ4v) is 2.26. The van der Waals surface area contributed by atoms with Gasteiger partial charge in [0.1, 0.15) is 5.75 Å². The highest BCUT2D eigenvalue weighted by molar-refractivity contribution is 9.10. The van der Waals surface area contributed by atoms with E-state index in [0.29, 0.717) is 5.92 Å². The second-order valence-electron chi connectivity index (χ2n) is 3.68. The lowest BCUT2D eigenvalue weighted by molar-refractivity contribution is 0.411. The summed E-state index contributed by atoms with van der Waals surface area (Å²) in [5.41, 5.74) is 1.14. The smallest absolute Gasteiger partial charge is 0.133 e. The average molecular weight is 292 g/mol. The van der Waals surface area contributed by atoms with Gasteiger partial charge in [0.2, 0.25) is 0 Å². The zero-order valence-electron chi connectivity index (χ0n) is 9.26. The Hall–Kier alpha value is -0.210. The van der Waals surface area contributed by atoms with E-state index in [1.165, 1.54) is 0 Å². The summed E-state index contributed by atoms with van der Waals surface area (Å²) in [6.45, 7) is 4.31. The van der Waals surface area contributed by atoms with Crippen molar-refractivity contribution >= 4 is 27.5 Å². The van der Waals surface area contributed by atoms with Gasteiger partial charge in [-0.2, -0.15) is 0 Å². The van der Waals surface area contributed by atoms with Crippen molar-refractivity contribution in [2.45, 2.75) is 25.6 Å². The maximum atomic E-state index is 6.36. The fraction of sp³-hybridized carbons (Fsp3) is 0.500. The van der Waals surface area contributed by atoms with Crippen LogP contribution in [0.2, 0.25) is 0 Å². The van der Waals surface area contributed by atoms with Gasteiger partial charge >= 0.3 is 0 Å². The molecule has 0 radical (unpaired) electrons. The van der Waals surface area contributed by atoms with Crippen molar-refractivity contribution in [2.24, 2.45) is 5.92 Å². The molecular weight excluding hydrogens is 275 g/mol. The minimum absolute atomic E-state index is 0.0669. The van der Waals surface area contributed by atoms with Crippen LogP contribution in [0, 0.1) is 5.92 Å². The maximum Gasteiger partial charge on any atom is 0.133 e. The van der Waals surface area contributed by atoms with Gasteiger partial charge < -0.3 is 4.74 Å². The van der Waals surface area contributed by atoms with Gasteiger partial charge in [-0.25, -0.2) is 0 Å². The zero-order valence-corrected chi connectivity index (χ0v) is 11.6. The fourth-order valence-electron chi connectivity index (χ4n) is 1.39. The van der Waals surface area contributed by atoms with Gasteiger partial charge in [-0.15, -0.1) is 11.6 Å². The average Bonchev–Trinajstić information content (AvgIpc) is 2.26. The Labute approximate surface area is 105 Å². The zero-order chi connectivity index (χ0) is 11.4. The standard InChI is InChI=1S/C12H16BrClO/c1-4-8(2)12(14)9-5-6-11(15-3)10(13)7-9/h5-8,12H,4H2,1-3H3. The van der Waals surface area contributed by atoms with E-state index in [9.17, 15) is 0 Å². The lowest BCUT2D eigenvalue weighted by atomic mass is 9.98. The third kappa shape index (κ3) is 3.12. The molecule has 0 N–H and O–H groups in total. The molecule has 1 aromatic carbocycles. The van der Waals surface area contributed by atoms with Gasteiger partial charge in [0, 0.05) is 0 Å². The van der Waals surface area contributed by atoms with Crippen LogP contribution in [0.3, 0.4) is 0 Å². The molecule has 0 aromatic heterocycles. The molecule has 0 fully saturated rings. The molecule has 0 spiro atoms. The Bertz CT molecular complexity index is 327. The van der Waals surface area contributed by atoms with Crippen LogP contribution >= 0.6 is 27.5 Å². The van der Waals surface area contributed by atoms with Gasteiger partial charge in [-0.1, -0.05) is 26.3 Å². The van der Waals surface area contributed by atoms with Crippen molar-refractivity contribution < 1.29 is 4.74 Å². The first-order chi connectivity index (χ1) is 7.10. The van der Waals surface area contributed by atoms with E-state index in [1.807, 2.05) is 18.2 Å². The molecule has 2 atom stereocenters. The number of alkyl halides is 1. The molecule has 0 aliphatic rings. The van der Waals surface area contributed by atoms with Gasteiger partial charge in [-0.3, -0.25) is 0 Å². The number of halogens is 2. The summed E-state index contributed by atoms with van der Waals surface area (Å²) in [5, 5.41) is 0.0669. The SMILES string of the molecule is CCC(C)C(Cl)c1ccc(OC)c(Br)c1. The monoisotopic (exact) mass is 290 g/mol. The minimum atomic E-state index is 0.0669.